The van der Waals surface area contributed by atoms with Crippen LogP contribution in [0.5, 0.6) is 11.5 Å². The number of aromatic nitrogens is 3. The van der Waals surface area contributed by atoms with Crippen LogP contribution in [0.4, 0.5) is 5.69 Å². The van der Waals surface area contributed by atoms with Crippen molar-refractivity contribution in [2.45, 2.75) is 20.4 Å². The molecule has 1 amide bonds. The molecule has 26 heavy (non-hydrogen) atoms. The Morgan fingerprint density at radius 2 is 1.88 bits per heavy atom. The highest BCUT2D eigenvalue weighted by atomic mass is 16.5. The number of rotatable bonds is 6. The molecular weight excluding hydrogens is 336 g/mol. The van der Waals surface area contributed by atoms with Gasteiger partial charge in [0.2, 0.25) is 0 Å². The van der Waals surface area contributed by atoms with Crippen molar-refractivity contribution in [1.29, 1.82) is 0 Å². The molecule has 0 aliphatic heterocycles. The Hall–Kier alpha value is -3.29. The predicted octanol–water partition coefficient (Wildman–Crippen LogP) is 2.81. The number of aryl methyl sites for hydroxylation is 2. The largest absolute Gasteiger partial charge is 0.497 e. The van der Waals surface area contributed by atoms with Crippen LogP contribution in [0.25, 0.3) is 0 Å². The first-order chi connectivity index (χ1) is 12.5. The van der Waals surface area contributed by atoms with Crippen LogP contribution in [0.15, 0.2) is 35.1 Å². The number of hydrogen-bond donors (Lipinski definition) is 1. The fraction of sp³-hybridized carbons (Fsp3) is 0.278. The van der Waals surface area contributed by atoms with E-state index in [0.29, 0.717) is 29.3 Å². The van der Waals surface area contributed by atoms with Crippen molar-refractivity contribution >= 4 is 11.6 Å². The van der Waals surface area contributed by atoms with Crippen LogP contribution in [0, 0.1) is 13.8 Å². The first kappa shape index (κ1) is 17.5. The Morgan fingerprint density at radius 3 is 2.46 bits per heavy atom. The second kappa shape index (κ2) is 7.30. The predicted molar refractivity (Wildman–Crippen MR) is 94.8 cm³/mol. The number of methoxy groups -OCH3 is 2. The van der Waals surface area contributed by atoms with Crippen molar-refractivity contribution in [3.05, 3.63) is 53.2 Å². The zero-order valence-corrected chi connectivity index (χ0v) is 15.1. The van der Waals surface area contributed by atoms with Gasteiger partial charge in [-0.3, -0.25) is 9.48 Å². The van der Waals surface area contributed by atoms with Gasteiger partial charge in [-0.05, 0) is 26.0 Å². The fourth-order valence-electron chi connectivity index (χ4n) is 2.55. The monoisotopic (exact) mass is 356 g/mol. The van der Waals surface area contributed by atoms with E-state index < -0.39 is 0 Å². The summed E-state index contributed by atoms with van der Waals surface area (Å²) >= 11 is 0. The molecule has 1 aromatic carbocycles. The van der Waals surface area contributed by atoms with E-state index in [9.17, 15) is 4.79 Å². The Morgan fingerprint density at radius 1 is 1.19 bits per heavy atom. The van der Waals surface area contributed by atoms with Crippen LogP contribution in [0.3, 0.4) is 0 Å². The summed E-state index contributed by atoms with van der Waals surface area (Å²) in [6, 6.07) is 5.00. The number of benzene rings is 1. The Balaban J connectivity index is 1.74. The van der Waals surface area contributed by atoms with Crippen molar-refractivity contribution in [2.24, 2.45) is 0 Å². The molecule has 3 rings (SSSR count). The minimum absolute atomic E-state index is 0.279. The lowest BCUT2D eigenvalue weighted by Crippen LogP contribution is -2.12. The average molecular weight is 356 g/mol. The summed E-state index contributed by atoms with van der Waals surface area (Å²) in [5, 5.41) is 11.0. The highest BCUT2D eigenvalue weighted by molar-refractivity contribution is 6.04. The Kier molecular flexibility index (Phi) is 4.92. The van der Waals surface area contributed by atoms with Gasteiger partial charge in [0.25, 0.3) is 5.91 Å². The molecule has 0 radical (unpaired) electrons. The normalized spacial score (nSPS) is 10.6. The molecule has 2 heterocycles. The molecule has 0 saturated heterocycles. The SMILES string of the molecule is COc1cc(OC)cc(C(=O)Nc2cnn(Cc3c(C)noc3C)c2)c1. The summed E-state index contributed by atoms with van der Waals surface area (Å²) in [7, 11) is 3.07. The van der Waals surface area contributed by atoms with Crippen molar-refractivity contribution in [3.8, 4) is 11.5 Å². The van der Waals surface area contributed by atoms with E-state index in [4.69, 9.17) is 14.0 Å². The molecule has 0 atom stereocenters. The zero-order valence-electron chi connectivity index (χ0n) is 15.1. The first-order valence-corrected chi connectivity index (χ1v) is 7.98. The van der Waals surface area contributed by atoms with Gasteiger partial charge < -0.3 is 19.3 Å². The van der Waals surface area contributed by atoms with E-state index in [0.717, 1.165) is 17.0 Å². The van der Waals surface area contributed by atoms with E-state index >= 15 is 0 Å². The number of anilines is 1. The third kappa shape index (κ3) is 3.69. The number of carbonyl (C=O) groups is 1. The van der Waals surface area contributed by atoms with Crippen LogP contribution < -0.4 is 14.8 Å². The highest BCUT2D eigenvalue weighted by Gasteiger charge is 2.13. The van der Waals surface area contributed by atoms with E-state index in [1.54, 1.807) is 35.3 Å². The van der Waals surface area contributed by atoms with E-state index in [1.165, 1.54) is 14.2 Å². The topological polar surface area (TPSA) is 91.4 Å². The molecule has 8 nitrogen and oxygen atoms in total. The van der Waals surface area contributed by atoms with Gasteiger partial charge in [-0.1, -0.05) is 5.16 Å². The summed E-state index contributed by atoms with van der Waals surface area (Å²) in [5.41, 5.74) is 2.82. The maximum atomic E-state index is 12.5. The molecule has 0 fully saturated rings. The lowest BCUT2D eigenvalue weighted by Gasteiger charge is -2.08. The molecule has 0 saturated carbocycles. The van der Waals surface area contributed by atoms with Gasteiger partial charge in [-0.15, -0.1) is 0 Å². The molecule has 0 bridgehead atoms. The Bertz CT molecular complexity index is 887. The maximum Gasteiger partial charge on any atom is 0.256 e. The zero-order chi connectivity index (χ0) is 18.7. The van der Waals surface area contributed by atoms with Crippen LogP contribution in [0.1, 0.15) is 27.4 Å². The summed E-state index contributed by atoms with van der Waals surface area (Å²) in [4.78, 5) is 12.5. The summed E-state index contributed by atoms with van der Waals surface area (Å²) in [5.74, 6) is 1.57. The summed E-state index contributed by atoms with van der Waals surface area (Å²) < 4.78 is 17.3. The minimum Gasteiger partial charge on any atom is -0.497 e. The van der Waals surface area contributed by atoms with Gasteiger partial charge in [0.1, 0.15) is 17.3 Å². The van der Waals surface area contributed by atoms with E-state index in [1.807, 2.05) is 13.8 Å². The molecule has 0 spiro atoms. The molecule has 0 aliphatic carbocycles. The Labute approximate surface area is 150 Å². The molecule has 0 aliphatic rings. The van der Waals surface area contributed by atoms with Gasteiger partial charge in [0.15, 0.2) is 0 Å². The fourth-order valence-corrected chi connectivity index (χ4v) is 2.55. The third-order valence-electron chi connectivity index (χ3n) is 4.01. The molecule has 136 valence electrons. The number of amides is 1. The van der Waals surface area contributed by atoms with Gasteiger partial charge in [0, 0.05) is 23.4 Å². The minimum atomic E-state index is -0.279. The number of hydrogen-bond acceptors (Lipinski definition) is 6. The van der Waals surface area contributed by atoms with Crippen LogP contribution in [-0.2, 0) is 6.54 Å². The number of carbonyl (C=O) groups excluding carboxylic acids is 1. The van der Waals surface area contributed by atoms with Crippen LogP contribution in [-0.4, -0.2) is 35.1 Å². The second-order valence-corrected chi connectivity index (χ2v) is 5.78. The van der Waals surface area contributed by atoms with Gasteiger partial charge in [-0.2, -0.15) is 5.10 Å². The van der Waals surface area contributed by atoms with Gasteiger partial charge >= 0.3 is 0 Å². The highest BCUT2D eigenvalue weighted by Crippen LogP contribution is 2.23. The summed E-state index contributed by atoms with van der Waals surface area (Å²) in [6.07, 6.45) is 3.34. The molecule has 3 aromatic rings. The maximum absolute atomic E-state index is 12.5. The first-order valence-electron chi connectivity index (χ1n) is 7.98. The second-order valence-electron chi connectivity index (χ2n) is 5.78. The quantitative estimate of drug-likeness (QED) is 0.730. The van der Waals surface area contributed by atoms with Crippen molar-refractivity contribution < 1.29 is 18.8 Å². The number of nitrogens with one attached hydrogen (secondary N) is 1. The van der Waals surface area contributed by atoms with Crippen molar-refractivity contribution in [3.63, 3.8) is 0 Å². The van der Waals surface area contributed by atoms with Crippen molar-refractivity contribution in [1.82, 2.24) is 14.9 Å². The molecule has 1 N–H and O–H groups in total. The average Bonchev–Trinajstić information content (AvgIpc) is 3.22. The molecule has 0 unspecified atom stereocenters. The van der Waals surface area contributed by atoms with Crippen LogP contribution >= 0.6 is 0 Å². The lowest BCUT2D eigenvalue weighted by molar-refractivity contribution is 0.102. The van der Waals surface area contributed by atoms with E-state index in [-0.39, 0.29) is 5.91 Å². The third-order valence-corrected chi connectivity index (χ3v) is 4.01. The number of ether oxygens (including phenoxy) is 2. The smallest absolute Gasteiger partial charge is 0.256 e. The number of nitrogens with zero attached hydrogens (tertiary/aromatic N) is 3. The van der Waals surface area contributed by atoms with Crippen LogP contribution in [0.2, 0.25) is 0 Å². The summed E-state index contributed by atoms with van der Waals surface area (Å²) in [6.45, 7) is 4.26. The molecule has 2 aromatic heterocycles. The lowest BCUT2D eigenvalue weighted by atomic mass is 10.2. The molecular formula is C18H20N4O4. The standard InChI is InChI=1S/C18H20N4O4/c1-11-17(12(2)26-21-11)10-22-9-14(8-19-22)20-18(23)13-5-15(24-3)7-16(6-13)25-4/h5-9H,10H2,1-4H3,(H,20,23). The van der Waals surface area contributed by atoms with Gasteiger partial charge in [-0.25, -0.2) is 0 Å². The van der Waals surface area contributed by atoms with Gasteiger partial charge in [0.05, 0.1) is 38.3 Å². The molecule has 8 heteroatoms. The van der Waals surface area contributed by atoms with E-state index in [2.05, 4.69) is 15.6 Å². The van der Waals surface area contributed by atoms with Crippen molar-refractivity contribution in [2.75, 3.05) is 19.5 Å².